The van der Waals surface area contributed by atoms with Gasteiger partial charge in [0.1, 0.15) is 11.4 Å². The van der Waals surface area contributed by atoms with Gasteiger partial charge in [0, 0.05) is 8.95 Å². The molecule has 0 aliphatic heterocycles. The molecule has 30 heavy (non-hydrogen) atoms. The van der Waals surface area contributed by atoms with Gasteiger partial charge in [-0.1, -0.05) is 62.2 Å². The number of rotatable bonds is 6. The molecule has 0 bridgehead atoms. The maximum Gasteiger partial charge on any atom is 0.289 e. The Hall–Kier alpha value is -3.17. The molecule has 2 aromatic carbocycles. The molecule has 0 aliphatic rings. The Bertz CT molecular complexity index is 1010. The zero-order valence-electron chi connectivity index (χ0n) is 15.4. The molecule has 0 aliphatic carbocycles. The third-order valence-corrected chi connectivity index (χ3v) is 4.77. The Morgan fingerprint density at radius 3 is 1.50 bits per heavy atom. The van der Waals surface area contributed by atoms with Crippen molar-refractivity contribution in [3.63, 3.8) is 0 Å². The predicted octanol–water partition coefficient (Wildman–Crippen LogP) is 4.13. The van der Waals surface area contributed by atoms with E-state index in [2.05, 4.69) is 57.9 Å². The van der Waals surface area contributed by atoms with Crippen LogP contribution < -0.4 is 10.9 Å². The number of benzene rings is 2. The number of halogens is 2. The van der Waals surface area contributed by atoms with Crippen LogP contribution in [0, 0.1) is 0 Å². The van der Waals surface area contributed by atoms with E-state index in [1.54, 1.807) is 6.07 Å². The summed E-state index contributed by atoms with van der Waals surface area (Å²) in [7, 11) is 0. The zero-order chi connectivity index (χ0) is 21.3. The van der Waals surface area contributed by atoms with E-state index in [-0.39, 0.29) is 11.4 Å². The SMILES string of the molecule is O=C(NN=Cc1ccc(Br)cc1)c1cccc(C(=O)NN=Cc2ccc(Br)cc2)n1. The van der Waals surface area contributed by atoms with Crippen LogP contribution in [0.3, 0.4) is 0 Å². The van der Waals surface area contributed by atoms with E-state index in [9.17, 15) is 9.59 Å². The van der Waals surface area contributed by atoms with Crippen LogP contribution in [-0.2, 0) is 0 Å². The second kappa shape index (κ2) is 10.6. The van der Waals surface area contributed by atoms with Gasteiger partial charge in [0.2, 0.25) is 0 Å². The highest BCUT2D eigenvalue weighted by Gasteiger charge is 2.11. The van der Waals surface area contributed by atoms with E-state index < -0.39 is 11.8 Å². The number of nitrogens with one attached hydrogen (secondary N) is 2. The molecule has 1 heterocycles. The molecule has 7 nitrogen and oxygen atoms in total. The molecule has 3 aromatic rings. The maximum atomic E-state index is 12.2. The molecule has 0 atom stereocenters. The summed E-state index contributed by atoms with van der Waals surface area (Å²) in [5.41, 5.74) is 6.55. The average molecular weight is 529 g/mol. The van der Waals surface area contributed by atoms with Gasteiger partial charge in [-0.2, -0.15) is 10.2 Å². The summed E-state index contributed by atoms with van der Waals surface area (Å²) in [5, 5.41) is 7.81. The molecule has 2 amide bonds. The van der Waals surface area contributed by atoms with E-state index in [1.165, 1.54) is 24.6 Å². The Labute approximate surface area is 189 Å². The lowest BCUT2D eigenvalue weighted by atomic mass is 10.2. The van der Waals surface area contributed by atoms with E-state index in [4.69, 9.17) is 0 Å². The summed E-state index contributed by atoms with van der Waals surface area (Å²) < 4.78 is 1.90. The van der Waals surface area contributed by atoms with E-state index in [0.717, 1.165) is 20.1 Å². The molecule has 0 spiro atoms. The van der Waals surface area contributed by atoms with Crippen molar-refractivity contribution in [2.75, 3.05) is 0 Å². The minimum Gasteiger partial charge on any atom is -0.266 e. The average Bonchev–Trinajstić information content (AvgIpc) is 2.76. The van der Waals surface area contributed by atoms with Gasteiger partial charge in [0.25, 0.3) is 11.8 Å². The van der Waals surface area contributed by atoms with Gasteiger partial charge in [0.05, 0.1) is 12.4 Å². The molecule has 1 aromatic heterocycles. The van der Waals surface area contributed by atoms with Crippen LogP contribution in [-0.4, -0.2) is 29.2 Å². The first-order chi connectivity index (χ1) is 14.5. The molecule has 0 radical (unpaired) electrons. The van der Waals surface area contributed by atoms with Gasteiger partial charge >= 0.3 is 0 Å². The summed E-state index contributed by atoms with van der Waals surface area (Å²) in [5.74, 6) is -1.06. The van der Waals surface area contributed by atoms with Gasteiger partial charge in [-0.25, -0.2) is 15.8 Å². The molecule has 150 valence electrons. The number of carbonyl (C=O) groups is 2. The van der Waals surface area contributed by atoms with Crippen LogP contribution in [0.25, 0.3) is 0 Å². The van der Waals surface area contributed by atoms with Crippen LogP contribution in [0.1, 0.15) is 32.1 Å². The zero-order valence-corrected chi connectivity index (χ0v) is 18.6. The number of hydrazone groups is 2. The quantitative estimate of drug-likeness (QED) is 0.372. The van der Waals surface area contributed by atoms with Gasteiger partial charge in [-0.05, 0) is 47.5 Å². The lowest BCUT2D eigenvalue weighted by Crippen LogP contribution is -2.23. The molecule has 0 saturated heterocycles. The lowest BCUT2D eigenvalue weighted by molar-refractivity contribution is 0.0946. The number of pyridine rings is 1. The Morgan fingerprint density at radius 2 is 1.10 bits per heavy atom. The summed E-state index contributed by atoms with van der Waals surface area (Å²) in [6.07, 6.45) is 3.02. The molecule has 2 N–H and O–H groups in total. The Morgan fingerprint density at radius 1 is 0.700 bits per heavy atom. The predicted molar refractivity (Wildman–Crippen MR) is 123 cm³/mol. The summed E-state index contributed by atoms with van der Waals surface area (Å²) in [6, 6.07) is 19.4. The van der Waals surface area contributed by atoms with Crippen molar-refractivity contribution >= 4 is 56.1 Å². The Balaban J connectivity index is 1.58. The molecule has 0 unspecified atom stereocenters. The lowest BCUT2D eigenvalue weighted by Gasteiger charge is -2.03. The second-order valence-corrected chi connectivity index (χ2v) is 7.74. The van der Waals surface area contributed by atoms with Crippen LogP contribution in [0.4, 0.5) is 0 Å². The number of hydrogen-bond acceptors (Lipinski definition) is 5. The smallest absolute Gasteiger partial charge is 0.266 e. The van der Waals surface area contributed by atoms with Crippen LogP contribution in [0.2, 0.25) is 0 Å². The number of carbonyl (C=O) groups excluding carboxylic acids is 2. The number of aromatic nitrogens is 1. The van der Waals surface area contributed by atoms with Gasteiger partial charge < -0.3 is 0 Å². The number of nitrogens with zero attached hydrogens (tertiary/aromatic N) is 3. The standard InChI is InChI=1S/C21H15Br2N5O2/c22-16-8-4-14(5-9-16)12-24-27-20(29)18-2-1-3-19(26-18)21(30)28-25-13-15-6-10-17(23)11-7-15/h1-13H,(H,27,29)(H,28,30). The highest BCUT2D eigenvalue weighted by Crippen LogP contribution is 2.10. The Kier molecular flexibility index (Phi) is 7.58. The van der Waals surface area contributed by atoms with Crippen molar-refractivity contribution in [2.24, 2.45) is 10.2 Å². The number of hydrogen-bond donors (Lipinski definition) is 2. The minimum atomic E-state index is -0.531. The van der Waals surface area contributed by atoms with Gasteiger partial charge in [0.15, 0.2) is 0 Å². The van der Waals surface area contributed by atoms with Crippen molar-refractivity contribution < 1.29 is 9.59 Å². The highest BCUT2D eigenvalue weighted by molar-refractivity contribution is 9.10. The second-order valence-electron chi connectivity index (χ2n) is 5.91. The third-order valence-electron chi connectivity index (χ3n) is 3.71. The first-order valence-electron chi connectivity index (χ1n) is 8.66. The molecular formula is C21H15Br2N5O2. The number of amides is 2. The molecule has 3 rings (SSSR count). The van der Waals surface area contributed by atoms with E-state index >= 15 is 0 Å². The summed E-state index contributed by atoms with van der Waals surface area (Å²) in [4.78, 5) is 28.5. The minimum absolute atomic E-state index is 0.0625. The largest absolute Gasteiger partial charge is 0.289 e. The first kappa shape index (κ1) is 21.5. The summed E-state index contributed by atoms with van der Waals surface area (Å²) in [6.45, 7) is 0. The normalized spacial score (nSPS) is 11.0. The fourth-order valence-corrected chi connectivity index (χ4v) is 2.76. The van der Waals surface area contributed by atoms with Crippen molar-refractivity contribution in [2.45, 2.75) is 0 Å². The maximum absolute atomic E-state index is 12.2. The van der Waals surface area contributed by atoms with Gasteiger partial charge in [-0.15, -0.1) is 0 Å². The highest BCUT2D eigenvalue weighted by atomic mass is 79.9. The van der Waals surface area contributed by atoms with Crippen LogP contribution >= 0.6 is 31.9 Å². The summed E-state index contributed by atoms with van der Waals surface area (Å²) >= 11 is 6.70. The van der Waals surface area contributed by atoms with Crippen LogP contribution in [0.5, 0.6) is 0 Å². The fraction of sp³-hybridized carbons (Fsp3) is 0. The molecule has 0 saturated carbocycles. The van der Waals surface area contributed by atoms with Crippen molar-refractivity contribution in [1.82, 2.24) is 15.8 Å². The van der Waals surface area contributed by atoms with E-state index in [0.29, 0.717) is 0 Å². The fourth-order valence-electron chi connectivity index (χ4n) is 2.23. The third kappa shape index (κ3) is 6.43. The van der Waals surface area contributed by atoms with Crippen molar-refractivity contribution in [3.8, 4) is 0 Å². The van der Waals surface area contributed by atoms with Gasteiger partial charge in [-0.3, -0.25) is 9.59 Å². The monoisotopic (exact) mass is 527 g/mol. The van der Waals surface area contributed by atoms with E-state index in [1.807, 2.05) is 48.5 Å². The topological polar surface area (TPSA) is 95.8 Å². The molecule has 9 heteroatoms. The molecular weight excluding hydrogens is 514 g/mol. The van der Waals surface area contributed by atoms with Crippen molar-refractivity contribution in [3.05, 3.63) is 98.2 Å². The van der Waals surface area contributed by atoms with Crippen molar-refractivity contribution in [1.29, 1.82) is 0 Å². The van der Waals surface area contributed by atoms with Crippen LogP contribution in [0.15, 0.2) is 85.9 Å². The molecule has 0 fully saturated rings. The first-order valence-corrected chi connectivity index (χ1v) is 10.2.